The van der Waals surface area contributed by atoms with Crippen LogP contribution in [0, 0.1) is 23.7 Å². The van der Waals surface area contributed by atoms with Crippen LogP contribution in [0.2, 0.25) is 0 Å². The number of carbonyl (C=O) groups excluding carboxylic acids is 7. The molecule has 0 aliphatic carbocycles. The number of aliphatic hydroxyl groups excluding tert-OH is 1. The molecule has 4 amide bonds. The van der Waals surface area contributed by atoms with E-state index >= 15 is 0 Å². The Hall–Kier alpha value is -4.57. The lowest BCUT2D eigenvalue weighted by atomic mass is 9.91. The van der Waals surface area contributed by atoms with Crippen molar-refractivity contribution in [3.63, 3.8) is 0 Å². The fraction of sp³-hybridized carbons (Fsp3) is 0.690. The number of fused-ring (bicyclic) bond motifs is 1. The smallest absolute Gasteiger partial charge is 0.329 e. The third kappa shape index (κ3) is 12.2. The minimum Gasteiger partial charge on any atom is -0.664 e. The van der Waals surface area contributed by atoms with E-state index in [0.29, 0.717) is 24.2 Å². The highest BCUT2D eigenvalue weighted by atomic mass is 16.6. The zero-order valence-corrected chi connectivity index (χ0v) is 35.6. The molecule has 3 rings (SSSR count). The molecule has 1 aromatic carbocycles. The maximum absolute atomic E-state index is 14.4. The average molecular weight is 815 g/mol. The molecule has 2 fully saturated rings. The minimum absolute atomic E-state index is 0.0129. The van der Waals surface area contributed by atoms with Gasteiger partial charge >= 0.3 is 11.9 Å². The fourth-order valence-electron chi connectivity index (χ4n) is 7.28. The summed E-state index contributed by atoms with van der Waals surface area (Å²) in [7, 11) is 2.95. The predicted molar refractivity (Wildman–Crippen MR) is 214 cm³/mol. The number of nitrogens with one attached hydrogen (secondary N) is 3. The minimum atomic E-state index is -1.67. The molecule has 2 saturated heterocycles. The molecule has 1 aromatic rings. The summed E-state index contributed by atoms with van der Waals surface area (Å²) in [5, 5.41) is 16.6. The summed E-state index contributed by atoms with van der Waals surface area (Å²) < 4.78 is 16.6. The molecule has 324 valence electrons. The van der Waals surface area contributed by atoms with Crippen molar-refractivity contribution in [1.29, 1.82) is 0 Å². The lowest BCUT2D eigenvalue weighted by molar-refractivity contribution is -0.162. The zero-order valence-electron chi connectivity index (χ0n) is 35.6. The molecule has 0 aromatic heterocycles. The number of rotatable bonds is 8. The Labute approximate surface area is 342 Å². The van der Waals surface area contributed by atoms with E-state index in [2.05, 4.69) is 10.6 Å². The van der Waals surface area contributed by atoms with Crippen molar-refractivity contribution in [3.05, 3.63) is 35.6 Å². The standard InChI is InChI=1S/C42H64N5O11/c1-11-24(6)35-32(48)21-33(49)58-37(23(4)5)36(50)25(7)38(51)44-29(19-22(2)3)40(53)47-18-12-13-30(47)41(54)46(9)31(20-27-14-16-28(56-10)17-15-27)42(55)57-26(8)34(43)39(52)45-35/h14-17,22-26,29-32,34-35,37,43,48H,11-13,18-21H2,1-10H3,(H,44,51)(H,45,52)/q-1/t24-,25-,26+,29-,30-,31-,32-,34-,35+,37-/m0/s1. The Balaban J connectivity index is 2.11. The zero-order chi connectivity index (χ0) is 43.6. The highest BCUT2D eigenvalue weighted by Crippen LogP contribution is 2.26. The van der Waals surface area contributed by atoms with E-state index < -0.39 is 108 Å². The second-order valence-corrected chi connectivity index (χ2v) is 16.5. The quantitative estimate of drug-likeness (QED) is 0.256. The van der Waals surface area contributed by atoms with Gasteiger partial charge in [-0.3, -0.25) is 28.8 Å². The number of methoxy groups -OCH3 is 1. The monoisotopic (exact) mass is 814 g/mol. The predicted octanol–water partition coefficient (Wildman–Crippen LogP) is 3.01. The molecule has 0 unspecified atom stereocenters. The topological polar surface area (TPSA) is 222 Å². The molecule has 58 heavy (non-hydrogen) atoms. The summed E-state index contributed by atoms with van der Waals surface area (Å²) >= 11 is 0. The van der Waals surface area contributed by atoms with Gasteiger partial charge in [-0.2, -0.15) is 0 Å². The van der Waals surface area contributed by atoms with Crippen molar-refractivity contribution >= 4 is 41.4 Å². The van der Waals surface area contributed by atoms with Gasteiger partial charge in [-0.05, 0) is 74.6 Å². The average Bonchev–Trinajstić information content (AvgIpc) is 3.68. The summed E-state index contributed by atoms with van der Waals surface area (Å²) in [6, 6.07) is 0.826. The Morgan fingerprint density at radius 2 is 1.57 bits per heavy atom. The number of ketones is 1. The van der Waals surface area contributed by atoms with Crippen LogP contribution in [0.15, 0.2) is 24.3 Å². The first kappa shape index (κ1) is 47.8. The van der Waals surface area contributed by atoms with Crippen molar-refractivity contribution in [2.45, 2.75) is 142 Å². The highest BCUT2D eigenvalue weighted by Gasteiger charge is 2.43. The summed E-state index contributed by atoms with van der Waals surface area (Å²) in [4.78, 5) is 99.5. The summed E-state index contributed by atoms with van der Waals surface area (Å²) in [5.41, 5.74) is 9.38. The van der Waals surface area contributed by atoms with E-state index in [-0.39, 0.29) is 37.6 Å². The van der Waals surface area contributed by atoms with Crippen molar-refractivity contribution in [1.82, 2.24) is 20.4 Å². The Morgan fingerprint density at radius 3 is 2.14 bits per heavy atom. The molecule has 16 heteroatoms. The number of carbonyl (C=O) groups is 7. The molecule has 0 radical (unpaired) electrons. The van der Waals surface area contributed by atoms with Gasteiger partial charge < -0.3 is 45.5 Å². The van der Waals surface area contributed by atoms with E-state index in [1.165, 1.54) is 37.8 Å². The van der Waals surface area contributed by atoms with Gasteiger partial charge in [-0.1, -0.05) is 60.1 Å². The molecule has 2 aliphatic rings. The first-order valence-electron chi connectivity index (χ1n) is 20.4. The van der Waals surface area contributed by atoms with Crippen LogP contribution in [0.4, 0.5) is 0 Å². The third-order valence-corrected chi connectivity index (χ3v) is 11.2. The molecule has 0 saturated carbocycles. The number of aliphatic hydroxyl groups is 1. The summed E-state index contributed by atoms with van der Waals surface area (Å²) in [6.07, 6.45) is -3.39. The molecule has 2 heterocycles. The van der Waals surface area contributed by atoms with Crippen LogP contribution < -0.4 is 15.4 Å². The normalized spacial score (nSPS) is 29.8. The van der Waals surface area contributed by atoms with Crippen LogP contribution in [0.3, 0.4) is 0 Å². The van der Waals surface area contributed by atoms with Crippen LogP contribution in [0.5, 0.6) is 5.75 Å². The van der Waals surface area contributed by atoms with Crippen molar-refractivity contribution < 1.29 is 52.9 Å². The Morgan fingerprint density at radius 1 is 0.931 bits per heavy atom. The SMILES string of the molecule is CC[C@H](C)[C@H]1NC(=O)[C@@H]([NH-])[C@@H](C)OC(=O)[C@H](Cc2ccc(OC)cc2)N(C)C(=O)[C@@H]2CCCN2C(=O)[C@H](CC(C)C)NC(=O)[C@@H](C)C(=O)[C@H](C(C)C)OC(=O)C[C@@H]1O. The lowest BCUT2D eigenvalue weighted by Crippen LogP contribution is -2.57. The fourth-order valence-corrected chi connectivity index (χ4v) is 7.28. The Bertz CT molecular complexity index is 1620. The van der Waals surface area contributed by atoms with Crippen LogP contribution in [-0.2, 0) is 49.5 Å². The van der Waals surface area contributed by atoms with Gasteiger partial charge in [-0.15, -0.1) is 0 Å². The largest absolute Gasteiger partial charge is 0.664 e. The number of ether oxygens (including phenoxy) is 3. The van der Waals surface area contributed by atoms with Gasteiger partial charge in [0.1, 0.15) is 23.9 Å². The number of hydrogen-bond donors (Lipinski definition) is 3. The highest BCUT2D eigenvalue weighted by molar-refractivity contribution is 6.05. The van der Waals surface area contributed by atoms with Crippen molar-refractivity contribution in [2.24, 2.45) is 23.7 Å². The molecular formula is C42H64N5O11-. The molecule has 16 nitrogen and oxygen atoms in total. The van der Waals surface area contributed by atoms with Gasteiger partial charge in [-0.25, -0.2) is 4.79 Å². The van der Waals surface area contributed by atoms with Crippen molar-refractivity contribution in [3.8, 4) is 5.75 Å². The second kappa shape index (κ2) is 21.4. The summed E-state index contributed by atoms with van der Waals surface area (Å²) in [5.74, 6) is -7.03. The number of Topliss-reactive ketones (excluding diaryl/α,β-unsaturated/α-hetero) is 1. The number of nitrogens with zero attached hydrogens (tertiary/aromatic N) is 2. The second-order valence-electron chi connectivity index (χ2n) is 16.5. The molecule has 2 aliphatic heterocycles. The van der Waals surface area contributed by atoms with Crippen molar-refractivity contribution in [2.75, 3.05) is 20.7 Å². The maximum atomic E-state index is 14.4. The van der Waals surface area contributed by atoms with Crippen LogP contribution in [0.25, 0.3) is 5.73 Å². The van der Waals surface area contributed by atoms with Crippen LogP contribution in [0.1, 0.15) is 93.1 Å². The van der Waals surface area contributed by atoms with E-state index in [0.717, 1.165) is 0 Å². The number of likely N-dealkylation sites (N-methyl/N-ethyl adjacent to an activating group) is 1. The van der Waals surface area contributed by atoms with Gasteiger partial charge in [0.25, 0.3) is 0 Å². The van der Waals surface area contributed by atoms with E-state index in [9.17, 15) is 38.7 Å². The Kier molecular flexibility index (Phi) is 17.7. The number of benzene rings is 1. The maximum Gasteiger partial charge on any atom is 0.329 e. The van der Waals surface area contributed by atoms with E-state index in [1.54, 1.807) is 45.0 Å². The number of amides is 4. The molecule has 4 N–H and O–H groups in total. The van der Waals surface area contributed by atoms with E-state index in [4.69, 9.17) is 19.9 Å². The van der Waals surface area contributed by atoms with Gasteiger partial charge in [0.15, 0.2) is 11.9 Å². The first-order chi connectivity index (χ1) is 27.2. The number of hydrogen-bond acceptors (Lipinski definition) is 11. The first-order valence-corrected chi connectivity index (χ1v) is 20.4. The molecule has 0 spiro atoms. The molecule has 0 bridgehead atoms. The van der Waals surface area contributed by atoms with Gasteiger partial charge in [0.05, 0.1) is 37.7 Å². The number of cyclic esters (lactones) is 2. The van der Waals surface area contributed by atoms with Crippen LogP contribution in [-0.4, -0.2) is 125 Å². The number of esters is 2. The molecule has 10 atom stereocenters. The van der Waals surface area contributed by atoms with Gasteiger partial charge in [0.2, 0.25) is 23.6 Å². The lowest BCUT2D eigenvalue weighted by Gasteiger charge is -2.36. The van der Waals surface area contributed by atoms with Crippen LogP contribution >= 0.6 is 0 Å². The molecular weight excluding hydrogens is 750 g/mol. The van der Waals surface area contributed by atoms with E-state index in [1.807, 2.05) is 20.8 Å². The third-order valence-electron chi connectivity index (χ3n) is 11.2. The summed E-state index contributed by atoms with van der Waals surface area (Å²) in [6.45, 7) is 13.5. The van der Waals surface area contributed by atoms with Gasteiger partial charge in [0, 0.05) is 20.0 Å².